The fourth-order valence-electron chi connectivity index (χ4n) is 1.92. The smallest absolute Gasteiger partial charge is 0.407 e. The molecule has 4 atom stereocenters. The number of hydrogen-bond donors (Lipinski definition) is 6. The van der Waals surface area contributed by atoms with Gasteiger partial charge < -0.3 is 40.3 Å². The zero-order valence-corrected chi connectivity index (χ0v) is 13.9. The minimum Gasteiger partial charge on any atom is -0.455 e. The number of ether oxygens (including phenoxy) is 2. The molecule has 0 aromatic heterocycles. The van der Waals surface area contributed by atoms with Gasteiger partial charge in [0.05, 0.1) is 13.2 Å². The number of carbonyl (C=O) groups excluding carboxylic acids is 2. The molecule has 26 heavy (non-hydrogen) atoms. The fourth-order valence-corrected chi connectivity index (χ4v) is 1.92. The monoisotopic (exact) mass is 373 g/mol. The lowest BCUT2D eigenvalue weighted by Gasteiger charge is -2.28. The van der Waals surface area contributed by atoms with Gasteiger partial charge in [-0.3, -0.25) is 4.79 Å². The molecule has 1 amide bonds. The molecule has 0 aliphatic heterocycles. The second-order valence-corrected chi connectivity index (χ2v) is 5.36. The summed E-state index contributed by atoms with van der Waals surface area (Å²) in [6.45, 7) is -2.35. The zero-order chi connectivity index (χ0) is 19.5. The van der Waals surface area contributed by atoms with E-state index in [0.29, 0.717) is 0 Å². The maximum atomic E-state index is 11.7. The topological polar surface area (TPSA) is 166 Å². The highest BCUT2D eigenvalue weighted by Crippen LogP contribution is 2.10. The van der Waals surface area contributed by atoms with Gasteiger partial charge in [0.1, 0.15) is 31.5 Å². The van der Waals surface area contributed by atoms with Crippen LogP contribution in [0.1, 0.15) is 5.56 Å². The molecule has 146 valence electrons. The number of benzene rings is 1. The van der Waals surface area contributed by atoms with Gasteiger partial charge in [-0.05, 0) is 5.56 Å². The Balaban J connectivity index is 2.45. The number of alkyl carbamates (subject to hydrolysis) is 1. The third-order valence-corrected chi connectivity index (χ3v) is 3.34. The van der Waals surface area contributed by atoms with Gasteiger partial charge in [-0.15, -0.1) is 0 Å². The summed E-state index contributed by atoms with van der Waals surface area (Å²) in [4.78, 5) is 23.3. The molecule has 10 nitrogen and oxygen atoms in total. The van der Waals surface area contributed by atoms with Gasteiger partial charge in [0.25, 0.3) is 0 Å². The molecule has 0 unspecified atom stereocenters. The molecule has 1 aromatic rings. The summed E-state index contributed by atoms with van der Waals surface area (Å²) in [7, 11) is 0. The Morgan fingerprint density at radius 2 is 1.62 bits per heavy atom. The first-order chi connectivity index (χ1) is 12.4. The number of amides is 1. The molecule has 10 heteroatoms. The van der Waals surface area contributed by atoms with Crippen LogP contribution in [0.5, 0.6) is 0 Å². The van der Waals surface area contributed by atoms with Gasteiger partial charge in [0.2, 0.25) is 0 Å². The standard InChI is InChI=1S/C16H23NO9/c18-7-11(20)14(23)15(12(21)8-19)26-13(22)6-17-16(24)25-9-10-4-2-1-3-5-10/h1-5,11-12,14-15,18-21,23H,6-9H2,(H,17,24)/t11-,12-,14-,15-/m1/s1. The highest BCUT2D eigenvalue weighted by molar-refractivity contribution is 5.78. The van der Waals surface area contributed by atoms with Crippen LogP contribution in [0.4, 0.5) is 4.79 Å². The summed E-state index contributed by atoms with van der Waals surface area (Å²) in [5.41, 5.74) is 0.748. The summed E-state index contributed by atoms with van der Waals surface area (Å²) in [5.74, 6) is -1.05. The Kier molecular flexibility index (Phi) is 9.55. The van der Waals surface area contributed by atoms with E-state index in [4.69, 9.17) is 19.7 Å². The maximum absolute atomic E-state index is 11.7. The van der Waals surface area contributed by atoms with Crippen molar-refractivity contribution in [3.8, 4) is 0 Å². The maximum Gasteiger partial charge on any atom is 0.407 e. The van der Waals surface area contributed by atoms with E-state index in [1.54, 1.807) is 30.3 Å². The SMILES string of the molecule is O=C(CNC(=O)OCc1ccccc1)O[C@@H]([C@H](O)[C@H](O)CO)[C@H](O)CO. The van der Waals surface area contributed by atoms with Crippen LogP contribution >= 0.6 is 0 Å². The Labute approximate surface area is 149 Å². The van der Waals surface area contributed by atoms with Gasteiger partial charge in [-0.25, -0.2) is 4.79 Å². The third-order valence-electron chi connectivity index (χ3n) is 3.34. The lowest BCUT2D eigenvalue weighted by atomic mass is 10.0. The first-order valence-electron chi connectivity index (χ1n) is 7.79. The molecule has 0 radical (unpaired) electrons. The summed E-state index contributed by atoms with van der Waals surface area (Å²) >= 11 is 0. The number of hydrogen-bond acceptors (Lipinski definition) is 9. The molecule has 0 heterocycles. The molecule has 0 spiro atoms. The van der Waals surface area contributed by atoms with E-state index in [9.17, 15) is 24.9 Å². The van der Waals surface area contributed by atoms with Crippen molar-refractivity contribution in [2.75, 3.05) is 19.8 Å². The van der Waals surface area contributed by atoms with Crippen molar-refractivity contribution in [2.45, 2.75) is 31.0 Å². The molecule has 6 N–H and O–H groups in total. The number of aliphatic hydroxyl groups excluding tert-OH is 5. The van der Waals surface area contributed by atoms with Crippen LogP contribution in [-0.2, 0) is 20.9 Å². The van der Waals surface area contributed by atoms with E-state index in [1.807, 2.05) is 0 Å². The van der Waals surface area contributed by atoms with Crippen LogP contribution < -0.4 is 5.32 Å². The summed E-state index contributed by atoms with van der Waals surface area (Å²) in [5, 5.41) is 48.6. The lowest BCUT2D eigenvalue weighted by Crippen LogP contribution is -2.50. The zero-order valence-electron chi connectivity index (χ0n) is 13.9. The van der Waals surface area contributed by atoms with Gasteiger partial charge in [-0.1, -0.05) is 30.3 Å². The summed E-state index contributed by atoms with van der Waals surface area (Å²) in [6.07, 6.45) is -7.81. The third kappa shape index (κ3) is 7.33. The highest BCUT2D eigenvalue weighted by Gasteiger charge is 2.34. The Morgan fingerprint density at radius 3 is 2.19 bits per heavy atom. The predicted molar refractivity (Wildman–Crippen MR) is 86.7 cm³/mol. The van der Waals surface area contributed by atoms with E-state index >= 15 is 0 Å². The first-order valence-corrected chi connectivity index (χ1v) is 7.79. The highest BCUT2D eigenvalue weighted by atomic mass is 16.6. The van der Waals surface area contributed by atoms with Gasteiger partial charge in [-0.2, -0.15) is 0 Å². The van der Waals surface area contributed by atoms with E-state index in [0.717, 1.165) is 5.56 Å². The number of aliphatic hydroxyl groups is 5. The number of nitrogens with one attached hydrogen (secondary N) is 1. The molecule has 1 aromatic carbocycles. The van der Waals surface area contributed by atoms with Gasteiger partial charge in [0, 0.05) is 0 Å². The van der Waals surface area contributed by atoms with Crippen molar-refractivity contribution in [1.29, 1.82) is 0 Å². The average molecular weight is 373 g/mol. The van der Waals surface area contributed by atoms with Crippen LogP contribution in [0.3, 0.4) is 0 Å². The normalized spacial score (nSPS) is 15.4. The molecule has 0 fully saturated rings. The predicted octanol–water partition coefficient (Wildman–Crippen LogP) is -2.11. The number of carbonyl (C=O) groups is 2. The quantitative estimate of drug-likeness (QED) is 0.252. The molecule has 0 saturated carbocycles. The van der Waals surface area contributed by atoms with Crippen molar-refractivity contribution in [2.24, 2.45) is 0 Å². The number of esters is 1. The average Bonchev–Trinajstić information content (AvgIpc) is 2.67. The van der Waals surface area contributed by atoms with Crippen LogP contribution in [0.25, 0.3) is 0 Å². The van der Waals surface area contributed by atoms with Crippen LogP contribution in [0, 0.1) is 0 Å². The van der Waals surface area contributed by atoms with Crippen molar-refractivity contribution < 1.29 is 44.6 Å². The largest absolute Gasteiger partial charge is 0.455 e. The number of rotatable bonds is 10. The summed E-state index contributed by atoms with van der Waals surface area (Å²) in [6, 6.07) is 8.84. The Hall–Kier alpha value is -2.24. The molecular formula is C16H23NO9. The van der Waals surface area contributed by atoms with E-state index in [-0.39, 0.29) is 6.61 Å². The second-order valence-electron chi connectivity index (χ2n) is 5.36. The fraction of sp³-hybridized carbons (Fsp3) is 0.500. The Morgan fingerprint density at radius 1 is 1.00 bits per heavy atom. The van der Waals surface area contributed by atoms with E-state index in [2.05, 4.69) is 5.32 Å². The molecule has 0 bridgehead atoms. The van der Waals surface area contributed by atoms with Crippen LogP contribution in [0.2, 0.25) is 0 Å². The van der Waals surface area contributed by atoms with Crippen LogP contribution in [-0.4, -0.2) is 81.8 Å². The second kappa shape index (κ2) is 11.4. The first kappa shape index (κ1) is 21.8. The van der Waals surface area contributed by atoms with Gasteiger partial charge >= 0.3 is 12.1 Å². The van der Waals surface area contributed by atoms with Crippen molar-refractivity contribution >= 4 is 12.1 Å². The lowest BCUT2D eigenvalue weighted by molar-refractivity contribution is -0.175. The van der Waals surface area contributed by atoms with Gasteiger partial charge in [0.15, 0.2) is 6.10 Å². The van der Waals surface area contributed by atoms with Crippen molar-refractivity contribution in [3.63, 3.8) is 0 Å². The molecular weight excluding hydrogens is 350 g/mol. The molecule has 0 aliphatic rings. The summed E-state index contributed by atoms with van der Waals surface area (Å²) < 4.78 is 9.65. The van der Waals surface area contributed by atoms with Crippen molar-refractivity contribution in [3.05, 3.63) is 35.9 Å². The molecule has 1 rings (SSSR count). The van der Waals surface area contributed by atoms with E-state index in [1.165, 1.54) is 0 Å². The minimum absolute atomic E-state index is 0.00498. The van der Waals surface area contributed by atoms with Crippen molar-refractivity contribution in [1.82, 2.24) is 5.32 Å². The molecule has 0 aliphatic carbocycles. The van der Waals surface area contributed by atoms with E-state index < -0.39 is 56.2 Å². The Bertz CT molecular complexity index is 554. The minimum atomic E-state index is -1.84. The van der Waals surface area contributed by atoms with Crippen LogP contribution in [0.15, 0.2) is 30.3 Å². The molecule has 0 saturated heterocycles.